The van der Waals surface area contributed by atoms with E-state index in [9.17, 15) is 19.2 Å². The Hall–Kier alpha value is -3.01. The molecule has 2 atom stereocenters. The molecule has 34 heavy (non-hydrogen) atoms. The van der Waals surface area contributed by atoms with Crippen LogP contribution in [-0.2, 0) is 19.1 Å². The van der Waals surface area contributed by atoms with Gasteiger partial charge in [0.05, 0.1) is 0 Å². The highest BCUT2D eigenvalue weighted by atomic mass is 35.5. The van der Waals surface area contributed by atoms with E-state index in [0.717, 1.165) is 0 Å². The molecule has 3 N–H and O–H groups in total. The Morgan fingerprint density at radius 3 is 2.15 bits per heavy atom. The lowest BCUT2D eigenvalue weighted by molar-refractivity contribution is -0.121. The molecule has 1 aromatic rings. The topological polar surface area (TPSA) is 126 Å². The minimum Gasteiger partial charge on any atom is -0.444 e. The van der Waals surface area contributed by atoms with Gasteiger partial charge in [-0.15, -0.1) is 0 Å². The molecule has 0 spiro atoms. The summed E-state index contributed by atoms with van der Waals surface area (Å²) < 4.78 is 10.6. The van der Waals surface area contributed by atoms with E-state index in [0.29, 0.717) is 10.7 Å². The Labute approximate surface area is 204 Å². The number of likely N-dealkylation sites (tertiary alicyclic amines) is 1. The highest BCUT2D eigenvalue weighted by Crippen LogP contribution is 2.23. The Bertz CT molecular complexity index is 908. The molecular formula is C23H33ClN4O6. The highest BCUT2D eigenvalue weighted by molar-refractivity contribution is 6.30. The van der Waals surface area contributed by atoms with E-state index in [2.05, 4.69) is 16.0 Å². The fraction of sp³-hybridized carbons (Fsp3) is 0.565. The van der Waals surface area contributed by atoms with E-state index in [1.54, 1.807) is 65.8 Å². The van der Waals surface area contributed by atoms with Crippen LogP contribution in [0.3, 0.4) is 0 Å². The number of nitrogens with zero attached hydrogens (tertiary/aromatic N) is 1. The average Bonchev–Trinajstić information content (AvgIpc) is 3.10. The first-order chi connectivity index (χ1) is 15.6. The average molecular weight is 497 g/mol. The molecule has 1 heterocycles. The lowest BCUT2D eigenvalue weighted by Gasteiger charge is -2.28. The zero-order chi connectivity index (χ0) is 25.7. The molecule has 1 fully saturated rings. The zero-order valence-corrected chi connectivity index (χ0v) is 21.1. The first kappa shape index (κ1) is 27.2. The third kappa shape index (κ3) is 9.09. The summed E-state index contributed by atoms with van der Waals surface area (Å²) in [5.41, 5.74) is -0.926. The van der Waals surface area contributed by atoms with Crippen LogP contribution < -0.4 is 16.0 Å². The van der Waals surface area contributed by atoms with Crippen molar-refractivity contribution in [1.29, 1.82) is 0 Å². The Morgan fingerprint density at radius 1 is 1.00 bits per heavy atom. The molecule has 0 aromatic heterocycles. The van der Waals surface area contributed by atoms with Crippen molar-refractivity contribution >= 4 is 41.3 Å². The third-order valence-corrected chi connectivity index (χ3v) is 4.75. The van der Waals surface area contributed by atoms with Crippen LogP contribution in [0, 0.1) is 0 Å². The van der Waals surface area contributed by atoms with Crippen molar-refractivity contribution in [3.8, 4) is 0 Å². The van der Waals surface area contributed by atoms with Crippen LogP contribution in [-0.4, -0.2) is 65.3 Å². The molecule has 4 amide bonds. The number of carbonyl (C=O) groups is 4. The van der Waals surface area contributed by atoms with Crippen molar-refractivity contribution in [2.24, 2.45) is 0 Å². The second-order valence-corrected chi connectivity index (χ2v) is 10.4. The summed E-state index contributed by atoms with van der Waals surface area (Å²) in [6.45, 7) is 10.1. The molecule has 0 saturated carbocycles. The Morgan fingerprint density at radius 2 is 1.59 bits per heavy atom. The molecule has 0 bridgehead atoms. The molecule has 1 aliphatic rings. The maximum atomic E-state index is 13.0. The summed E-state index contributed by atoms with van der Waals surface area (Å²) >= 11 is 5.89. The number of amides is 4. The first-order valence-electron chi connectivity index (χ1n) is 11.0. The lowest BCUT2D eigenvalue weighted by Crippen LogP contribution is -2.46. The van der Waals surface area contributed by atoms with Gasteiger partial charge in [0.15, 0.2) is 0 Å². The maximum Gasteiger partial charge on any atom is 0.411 e. The Kier molecular flexibility index (Phi) is 8.77. The van der Waals surface area contributed by atoms with Crippen molar-refractivity contribution in [2.75, 3.05) is 18.4 Å². The van der Waals surface area contributed by atoms with E-state index in [1.165, 1.54) is 4.90 Å². The van der Waals surface area contributed by atoms with E-state index >= 15 is 0 Å². The smallest absolute Gasteiger partial charge is 0.411 e. The minimum atomic E-state index is -0.866. The SMILES string of the molecule is CC(C)(C)OC(=O)NCC(=O)NC1C[C@@H](C(=O)Nc2ccc(Cl)cc2)N(C(=O)OC(C)(C)C)C1. The number of ether oxygens (including phenoxy) is 2. The first-order valence-corrected chi connectivity index (χ1v) is 11.3. The number of alkyl carbamates (subject to hydrolysis) is 1. The standard InChI is InChI=1S/C23H33ClN4O6/c1-22(2,3)33-20(31)25-12-18(29)26-16-11-17(28(13-16)21(32)34-23(4,5)6)19(30)27-15-9-7-14(24)8-10-15/h7-10,16-17H,11-13H2,1-6H3,(H,25,31)(H,26,29)(H,27,30)/t16?,17-/m0/s1. The normalized spacial score (nSPS) is 18.1. The van der Waals surface area contributed by atoms with Gasteiger partial charge in [-0.05, 0) is 72.2 Å². The predicted molar refractivity (Wildman–Crippen MR) is 128 cm³/mol. The van der Waals surface area contributed by atoms with Crippen molar-refractivity contribution in [2.45, 2.75) is 71.2 Å². The van der Waals surface area contributed by atoms with Crippen LogP contribution >= 0.6 is 11.6 Å². The zero-order valence-electron chi connectivity index (χ0n) is 20.4. The molecule has 1 aromatic carbocycles. The number of rotatable bonds is 5. The van der Waals surface area contributed by atoms with Crippen LogP contribution in [0.25, 0.3) is 0 Å². The largest absolute Gasteiger partial charge is 0.444 e. The Balaban J connectivity index is 2.04. The predicted octanol–water partition coefficient (Wildman–Crippen LogP) is 3.30. The van der Waals surface area contributed by atoms with Crippen LogP contribution in [0.1, 0.15) is 48.0 Å². The van der Waals surface area contributed by atoms with E-state index in [-0.39, 0.29) is 19.5 Å². The van der Waals surface area contributed by atoms with Gasteiger partial charge in [-0.2, -0.15) is 0 Å². The molecule has 0 radical (unpaired) electrons. The monoisotopic (exact) mass is 496 g/mol. The number of halogens is 1. The van der Waals surface area contributed by atoms with Crippen molar-refractivity contribution in [1.82, 2.24) is 15.5 Å². The van der Waals surface area contributed by atoms with Gasteiger partial charge in [-0.3, -0.25) is 14.5 Å². The van der Waals surface area contributed by atoms with Crippen LogP contribution in [0.5, 0.6) is 0 Å². The summed E-state index contributed by atoms with van der Waals surface area (Å²) in [5, 5.41) is 8.41. The van der Waals surface area contributed by atoms with Crippen LogP contribution in [0.4, 0.5) is 15.3 Å². The molecular weight excluding hydrogens is 464 g/mol. The maximum absolute atomic E-state index is 13.0. The minimum absolute atomic E-state index is 0.0752. The van der Waals surface area contributed by atoms with E-state index in [4.69, 9.17) is 21.1 Å². The van der Waals surface area contributed by atoms with Gasteiger partial charge >= 0.3 is 12.2 Å². The summed E-state index contributed by atoms with van der Waals surface area (Å²) in [6, 6.07) is 5.19. The third-order valence-electron chi connectivity index (χ3n) is 4.50. The van der Waals surface area contributed by atoms with Gasteiger partial charge in [0.25, 0.3) is 0 Å². The number of hydrogen-bond acceptors (Lipinski definition) is 6. The van der Waals surface area contributed by atoms with Gasteiger partial charge in [-0.1, -0.05) is 11.6 Å². The summed E-state index contributed by atoms with van der Waals surface area (Å²) in [5.74, 6) is -0.893. The number of anilines is 1. The van der Waals surface area contributed by atoms with Crippen molar-refractivity contribution in [3.63, 3.8) is 0 Å². The van der Waals surface area contributed by atoms with E-state index in [1.807, 2.05) is 0 Å². The molecule has 1 saturated heterocycles. The summed E-state index contributed by atoms with van der Waals surface area (Å²) in [4.78, 5) is 51.2. The van der Waals surface area contributed by atoms with E-state index < -0.39 is 47.3 Å². The molecule has 11 heteroatoms. The number of hydrogen-bond donors (Lipinski definition) is 3. The molecule has 1 aliphatic heterocycles. The van der Waals surface area contributed by atoms with Gasteiger partial charge in [-0.25, -0.2) is 9.59 Å². The molecule has 188 valence electrons. The quantitative estimate of drug-likeness (QED) is 0.574. The van der Waals surface area contributed by atoms with Gasteiger partial charge < -0.3 is 25.4 Å². The second-order valence-electron chi connectivity index (χ2n) is 10.0. The van der Waals surface area contributed by atoms with Crippen LogP contribution in [0.15, 0.2) is 24.3 Å². The molecule has 2 rings (SSSR count). The van der Waals surface area contributed by atoms with Gasteiger partial charge in [0, 0.05) is 23.3 Å². The fourth-order valence-electron chi connectivity index (χ4n) is 3.22. The van der Waals surface area contributed by atoms with Crippen LogP contribution in [0.2, 0.25) is 5.02 Å². The fourth-order valence-corrected chi connectivity index (χ4v) is 3.34. The number of carbonyl (C=O) groups excluding carboxylic acids is 4. The van der Waals surface area contributed by atoms with Gasteiger partial charge in [0.1, 0.15) is 23.8 Å². The highest BCUT2D eigenvalue weighted by Gasteiger charge is 2.42. The second kappa shape index (κ2) is 10.9. The van der Waals surface area contributed by atoms with Crippen molar-refractivity contribution < 1.29 is 28.7 Å². The van der Waals surface area contributed by atoms with Crippen molar-refractivity contribution in [3.05, 3.63) is 29.3 Å². The number of benzene rings is 1. The number of nitrogens with one attached hydrogen (secondary N) is 3. The molecule has 1 unspecified atom stereocenters. The lowest BCUT2D eigenvalue weighted by atomic mass is 10.1. The summed E-state index contributed by atoms with van der Waals surface area (Å²) in [7, 11) is 0. The summed E-state index contributed by atoms with van der Waals surface area (Å²) in [6.07, 6.45) is -1.20. The molecule has 0 aliphatic carbocycles. The molecule has 10 nitrogen and oxygen atoms in total. The van der Waals surface area contributed by atoms with Gasteiger partial charge in [0.2, 0.25) is 11.8 Å².